The first-order valence-corrected chi connectivity index (χ1v) is 6.10. The SMILES string of the molecule is Brc1ccccc1[C@@H]1C[C@@H]2CNC[C@@H]21. The highest BCUT2D eigenvalue weighted by atomic mass is 79.9. The van der Waals surface area contributed by atoms with Crippen LogP contribution in [-0.4, -0.2) is 13.1 Å². The monoisotopic (exact) mass is 251 g/mol. The predicted octanol–water partition coefficient (Wildman–Crippen LogP) is 2.77. The maximum atomic E-state index is 3.65. The van der Waals surface area contributed by atoms with Gasteiger partial charge in [0.1, 0.15) is 0 Å². The molecular formula is C12H14BrN. The minimum absolute atomic E-state index is 0.797. The predicted molar refractivity (Wildman–Crippen MR) is 61.3 cm³/mol. The molecule has 2 heteroatoms. The van der Waals surface area contributed by atoms with Gasteiger partial charge in [-0.15, -0.1) is 0 Å². The molecule has 2 aliphatic rings. The Morgan fingerprint density at radius 1 is 1.21 bits per heavy atom. The van der Waals surface area contributed by atoms with Crippen molar-refractivity contribution in [3.05, 3.63) is 34.3 Å². The molecule has 1 saturated heterocycles. The third kappa shape index (κ3) is 1.24. The van der Waals surface area contributed by atoms with Gasteiger partial charge < -0.3 is 5.32 Å². The summed E-state index contributed by atoms with van der Waals surface area (Å²) in [6.45, 7) is 2.46. The summed E-state index contributed by atoms with van der Waals surface area (Å²) in [7, 11) is 0. The molecule has 1 aromatic rings. The maximum Gasteiger partial charge on any atom is 0.0210 e. The van der Waals surface area contributed by atoms with Gasteiger partial charge in [0.05, 0.1) is 0 Å². The molecule has 1 saturated carbocycles. The lowest BCUT2D eigenvalue weighted by Gasteiger charge is -2.40. The van der Waals surface area contributed by atoms with Crippen LogP contribution in [0.3, 0.4) is 0 Å². The fraction of sp³-hybridized carbons (Fsp3) is 0.500. The molecule has 0 bridgehead atoms. The lowest BCUT2D eigenvalue weighted by Crippen LogP contribution is -2.33. The van der Waals surface area contributed by atoms with Gasteiger partial charge in [0.2, 0.25) is 0 Å². The summed E-state index contributed by atoms with van der Waals surface area (Å²) in [6, 6.07) is 8.67. The average molecular weight is 252 g/mol. The minimum Gasteiger partial charge on any atom is -0.316 e. The highest BCUT2D eigenvalue weighted by Gasteiger charge is 2.44. The van der Waals surface area contributed by atoms with Crippen molar-refractivity contribution in [2.24, 2.45) is 11.8 Å². The Balaban J connectivity index is 1.87. The van der Waals surface area contributed by atoms with Crippen LogP contribution in [0.4, 0.5) is 0 Å². The topological polar surface area (TPSA) is 12.0 Å². The van der Waals surface area contributed by atoms with Gasteiger partial charge >= 0.3 is 0 Å². The Morgan fingerprint density at radius 3 is 2.86 bits per heavy atom. The van der Waals surface area contributed by atoms with Gasteiger partial charge in [0.15, 0.2) is 0 Å². The van der Waals surface area contributed by atoms with Crippen LogP contribution < -0.4 is 5.32 Å². The Kier molecular flexibility index (Phi) is 2.14. The molecule has 2 fully saturated rings. The van der Waals surface area contributed by atoms with Crippen molar-refractivity contribution in [2.45, 2.75) is 12.3 Å². The van der Waals surface area contributed by atoms with Gasteiger partial charge in [-0.25, -0.2) is 0 Å². The van der Waals surface area contributed by atoms with Gasteiger partial charge in [0, 0.05) is 4.47 Å². The Morgan fingerprint density at radius 2 is 2.07 bits per heavy atom. The van der Waals surface area contributed by atoms with Crippen LogP contribution >= 0.6 is 15.9 Å². The number of benzene rings is 1. The van der Waals surface area contributed by atoms with E-state index in [4.69, 9.17) is 0 Å². The first kappa shape index (κ1) is 8.93. The van der Waals surface area contributed by atoms with Gasteiger partial charge in [-0.1, -0.05) is 34.1 Å². The largest absolute Gasteiger partial charge is 0.316 e. The second-order valence-electron chi connectivity index (χ2n) is 4.45. The Hall–Kier alpha value is -0.340. The van der Waals surface area contributed by atoms with Crippen molar-refractivity contribution in [1.82, 2.24) is 5.32 Å². The van der Waals surface area contributed by atoms with Gasteiger partial charge in [0.25, 0.3) is 0 Å². The van der Waals surface area contributed by atoms with Crippen LogP contribution in [0.2, 0.25) is 0 Å². The molecule has 0 spiro atoms. The van der Waals surface area contributed by atoms with E-state index in [1.54, 1.807) is 0 Å². The molecular weight excluding hydrogens is 238 g/mol. The summed E-state index contributed by atoms with van der Waals surface area (Å²) in [6.07, 6.45) is 1.38. The number of nitrogens with one attached hydrogen (secondary N) is 1. The Labute approximate surface area is 93.0 Å². The fourth-order valence-corrected chi connectivity index (χ4v) is 3.50. The van der Waals surface area contributed by atoms with E-state index in [9.17, 15) is 0 Å². The first-order valence-electron chi connectivity index (χ1n) is 5.31. The van der Waals surface area contributed by atoms with Crippen LogP contribution in [0.1, 0.15) is 17.9 Å². The third-order valence-electron chi connectivity index (χ3n) is 3.77. The molecule has 3 rings (SSSR count). The van der Waals surface area contributed by atoms with E-state index in [1.807, 2.05) is 0 Å². The second-order valence-corrected chi connectivity index (χ2v) is 5.30. The van der Waals surface area contributed by atoms with Gasteiger partial charge in [-0.2, -0.15) is 0 Å². The molecule has 1 aliphatic heterocycles. The van der Waals surface area contributed by atoms with Crippen molar-refractivity contribution < 1.29 is 0 Å². The molecule has 0 unspecified atom stereocenters. The standard InChI is InChI=1S/C12H14BrN/c13-12-4-2-1-3-9(12)10-5-8-6-14-7-11(8)10/h1-4,8,10-11,14H,5-7H2/t8-,10+,11+/m1/s1. The molecule has 3 atom stereocenters. The summed E-state index contributed by atoms with van der Waals surface area (Å²) in [4.78, 5) is 0. The summed E-state index contributed by atoms with van der Waals surface area (Å²) in [5.41, 5.74) is 1.51. The average Bonchev–Trinajstić information content (AvgIpc) is 2.52. The van der Waals surface area contributed by atoms with Gasteiger partial charge in [-0.3, -0.25) is 0 Å². The molecule has 0 amide bonds. The summed E-state index contributed by atoms with van der Waals surface area (Å²) in [5.74, 6) is 2.64. The molecule has 0 radical (unpaired) electrons. The lowest BCUT2D eigenvalue weighted by atomic mass is 9.64. The highest BCUT2D eigenvalue weighted by molar-refractivity contribution is 9.10. The van der Waals surface area contributed by atoms with Crippen LogP contribution in [0.5, 0.6) is 0 Å². The first-order chi connectivity index (χ1) is 6.86. The van der Waals surface area contributed by atoms with E-state index >= 15 is 0 Å². The lowest BCUT2D eigenvalue weighted by molar-refractivity contribution is 0.190. The number of halogens is 1. The van der Waals surface area contributed by atoms with E-state index in [2.05, 4.69) is 45.5 Å². The third-order valence-corrected chi connectivity index (χ3v) is 4.49. The number of rotatable bonds is 1. The summed E-state index contributed by atoms with van der Waals surface area (Å²) in [5, 5.41) is 3.49. The smallest absolute Gasteiger partial charge is 0.0210 e. The molecule has 0 aromatic heterocycles. The summed E-state index contributed by atoms with van der Waals surface area (Å²) >= 11 is 3.65. The molecule has 1 aliphatic carbocycles. The fourth-order valence-electron chi connectivity index (χ4n) is 2.92. The molecule has 1 N–H and O–H groups in total. The van der Waals surface area contributed by atoms with Crippen molar-refractivity contribution in [1.29, 1.82) is 0 Å². The number of hydrogen-bond acceptors (Lipinski definition) is 1. The molecule has 1 nitrogen and oxygen atoms in total. The summed E-state index contributed by atoms with van der Waals surface area (Å²) < 4.78 is 1.29. The zero-order chi connectivity index (χ0) is 9.54. The van der Waals surface area contributed by atoms with Crippen LogP contribution in [0, 0.1) is 11.8 Å². The van der Waals surface area contributed by atoms with Crippen LogP contribution in [0.15, 0.2) is 28.7 Å². The normalized spacial score (nSPS) is 35.1. The van der Waals surface area contributed by atoms with Crippen LogP contribution in [-0.2, 0) is 0 Å². The van der Waals surface area contributed by atoms with Gasteiger partial charge in [-0.05, 0) is 48.9 Å². The van der Waals surface area contributed by atoms with Crippen molar-refractivity contribution in [2.75, 3.05) is 13.1 Å². The quantitative estimate of drug-likeness (QED) is 0.810. The van der Waals surface area contributed by atoms with Crippen LogP contribution in [0.25, 0.3) is 0 Å². The van der Waals surface area contributed by atoms with Crippen molar-refractivity contribution >= 4 is 15.9 Å². The van der Waals surface area contributed by atoms with E-state index < -0.39 is 0 Å². The molecule has 14 heavy (non-hydrogen) atoms. The number of fused-ring (bicyclic) bond motifs is 1. The Bertz CT molecular complexity index is 350. The van der Waals surface area contributed by atoms with Crippen molar-refractivity contribution in [3.8, 4) is 0 Å². The maximum absolute atomic E-state index is 3.65. The zero-order valence-corrected chi connectivity index (χ0v) is 9.63. The highest BCUT2D eigenvalue weighted by Crippen LogP contribution is 2.50. The minimum atomic E-state index is 0.797. The van der Waals surface area contributed by atoms with E-state index in [0.29, 0.717) is 0 Å². The second kappa shape index (κ2) is 3.35. The zero-order valence-electron chi connectivity index (χ0n) is 8.04. The van der Waals surface area contributed by atoms with E-state index in [-0.39, 0.29) is 0 Å². The molecule has 74 valence electrons. The van der Waals surface area contributed by atoms with E-state index in [1.165, 1.54) is 29.5 Å². The molecule has 1 heterocycles. The van der Waals surface area contributed by atoms with E-state index in [0.717, 1.165) is 17.8 Å². The van der Waals surface area contributed by atoms with Crippen molar-refractivity contribution in [3.63, 3.8) is 0 Å². The molecule has 1 aromatic carbocycles. The number of hydrogen-bond donors (Lipinski definition) is 1.